The molecule has 3 aromatic rings. The van der Waals surface area contributed by atoms with Crippen molar-refractivity contribution in [3.63, 3.8) is 0 Å². The molecule has 1 saturated heterocycles. The van der Waals surface area contributed by atoms with Crippen LogP contribution < -0.4 is 10.2 Å². The average molecular weight is 511 g/mol. The van der Waals surface area contributed by atoms with Crippen LogP contribution in [-0.4, -0.2) is 42.0 Å². The molecule has 1 N–H and O–H groups in total. The molecule has 0 saturated carbocycles. The maximum Gasteiger partial charge on any atom is 0.416 e. The first-order valence-corrected chi connectivity index (χ1v) is 12.5. The van der Waals surface area contributed by atoms with E-state index in [0.29, 0.717) is 36.4 Å². The quantitative estimate of drug-likeness (QED) is 0.434. The van der Waals surface area contributed by atoms with Crippen LogP contribution in [0.5, 0.6) is 0 Å². The predicted octanol–water partition coefficient (Wildman–Crippen LogP) is 6.36. The highest BCUT2D eigenvalue weighted by molar-refractivity contribution is 6.04. The maximum absolute atomic E-state index is 13.4. The molecule has 0 radical (unpaired) electrons. The highest BCUT2D eigenvalue weighted by atomic mass is 19.4. The Kier molecular flexibility index (Phi) is 7.87. The molecule has 2 heterocycles. The molecule has 37 heavy (non-hydrogen) atoms. The highest BCUT2D eigenvalue weighted by Crippen LogP contribution is 2.32. The largest absolute Gasteiger partial charge is 0.416 e. The minimum absolute atomic E-state index is 0.0205. The van der Waals surface area contributed by atoms with Gasteiger partial charge in [-0.25, -0.2) is 4.98 Å². The summed E-state index contributed by atoms with van der Waals surface area (Å²) in [5.41, 5.74) is 2.10. The van der Waals surface area contributed by atoms with Crippen LogP contribution in [0.3, 0.4) is 0 Å². The van der Waals surface area contributed by atoms with Gasteiger partial charge in [0.15, 0.2) is 0 Å². The predicted molar refractivity (Wildman–Crippen MR) is 141 cm³/mol. The Hall–Kier alpha value is -3.39. The van der Waals surface area contributed by atoms with Crippen molar-refractivity contribution >= 4 is 17.4 Å². The number of pyridine rings is 1. The minimum Gasteiger partial charge on any atom is -0.355 e. The molecule has 0 spiro atoms. The van der Waals surface area contributed by atoms with Crippen molar-refractivity contribution in [2.24, 2.45) is 0 Å². The van der Waals surface area contributed by atoms with Gasteiger partial charge in [0, 0.05) is 38.3 Å². The van der Waals surface area contributed by atoms with Gasteiger partial charge in [0.05, 0.1) is 17.4 Å². The summed E-state index contributed by atoms with van der Waals surface area (Å²) >= 11 is 0. The average Bonchev–Trinajstić information content (AvgIpc) is 3.09. The second kappa shape index (κ2) is 10.9. The summed E-state index contributed by atoms with van der Waals surface area (Å²) in [6.45, 7) is 9.42. The monoisotopic (exact) mass is 510 g/mol. The Morgan fingerprint density at radius 2 is 1.65 bits per heavy atom. The Balaban J connectivity index is 1.34. The van der Waals surface area contributed by atoms with Crippen molar-refractivity contribution in [1.82, 2.24) is 9.88 Å². The molecule has 1 aliphatic rings. The summed E-state index contributed by atoms with van der Waals surface area (Å²) in [6.07, 6.45) is -1.90. The van der Waals surface area contributed by atoms with Crippen LogP contribution in [0.1, 0.15) is 54.2 Å². The summed E-state index contributed by atoms with van der Waals surface area (Å²) in [4.78, 5) is 21.4. The van der Waals surface area contributed by atoms with Gasteiger partial charge in [0.2, 0.25) is 0 Å². The van der Waals surface area contributed by atoms with Crippen LogP contribution in [0.25, 0.3) is 0 Å². The number of hydrogen-bond acceptors (Lipinski definition) is 4. The zero-order valence-corrected chi connectivity index (χ0v) is 21.5. The van der Waals surface area contributed by atoms with Crippen LogP contribution in [0.2, 0.25) is 0 Å². The standard InChI is InChI=1S/C29H33F3N4O/c1-28(2,3)23-11-9-21(10-12-23)27(37)34-24-13-14-26(33-19-24)36-16-6-15-35(17-18-36)20-22-7-4-5-8-25(22)29(30,31)32/h4-5,7-14,19H,6,15-18,20H2,1-3H3,(H,34,37). The zero-order chi connectivity index (χ0) is 26.6. The lowest BCUT2D eigenvalue weighted by atomic mass is 9.87. The van der Waals surface area contributed by atoms with E-state index < -0.39 is 11.7 Å². The molecular weight excluding hydrogens is 477 g/mol. The fourth-order valence-electron chi connectivity index (χ4n) is 4.51. The summed E-state index contributed by atoms with van der Waals surface area (Å²) in [7, 11) is 0. The molecule has 8 heteroatoms. The fourth-order valence-corrected chi connectivity index (χ4v) is 4.51. The van der Waals surface area contributed by atoms with Gasteiger partial charge < -0.3 is 10.2 Å². The van der Waals surface area contributed by atoms with Crippen molar-refractivity contribution in [1.29, 1.82) is 0 Å². The summed E-state index contributed by atoms with van der Waals surface area (Å²) in [5, 5.41) is 2.89. The molecule has 1 amide bonds. The first-order valence-electron chi connectivity index (χ1n) is 12.5. The number of amides is 1. The Labute approximate surface area is 216 Å². The van der Waals surface area contributed by atoms with Gasteiger partial charge in [0.25, 0.3) is 5.91 Å². The molecule has 0 aliphatic carbocycles. The normalized spacial score (nSPS) is 15.4. The van der Waals surface area contributed by atoms with Crippen molar-refractivity contribution in [3.8, 4) is 0 Å². The van der Waals surface area contributed by atoms with E-state index in [1.165, 1.54) is 6.07 Å². The van der Waals surface area contributed by atoms with E-state index >= 15 is 0 Å². The third kappa shape index (κ3) is 6.89. The fraction of sp³-hybridized carbons (Fsp3) is 0.379. The van der Waals surface area contributed by atoms with Crippen LogP contribution in [-0.2, 0) is 18.1 Å². The first kappa shape index (κ1) is 26.7. The second-order valence-electron chi connectivity index (χ2n) is 10.5. The molecule has 1 aliphatic heterocycles. The number of anilines is 2. The van der Waals surface area contributed by atoms with Gasteiger partial charge in [-0.2, -0.15) is 13.2 Å². The number of aromatic nitrogens is 1. The second-order valence-corrected chi connectivity index (χ2v) is 10.5. The van der Waals surface area contributed by atoms with Crippen LogP contribution >= 0.6 is 0 Å². The minimum atomic E-state index is -4.36. The number of nitrogens with zero attached hydrogens (tertiary/aromatic N) is 3. The van der Waals surface area contributed by atoms with E-state index in [4.69, 9.17) is 0 Å². The van der Waals surface area contributed by atoms with E-state index in [-0.39, 0.29) is 17.9 Å². The smallest absolute Gasteiger partial charge is 0.355 e. The number of rotatable bonds is 5. The molecule has 0 unspecified atom stereocenters. The third-order valence-corrected chi connectivity index (χ3v) is 6.65. The Morgan fingerprint density at radius 3 is 2.30 bits per heavy atom. The zero-order valence-electron chi connectivity index (χ0n) is 21.5. The van der Waals surface area contributed by atoms with Gasteiger partial charge in [-0.1, -0.05) is 51.1 Å². The SMILES string of the molecule is CC(C)(C)c1ccc(C(=O)Nc2ccc(N3CCCN(Cc4ccccc4C(F)(F)F)CC3)nc2)cc1. The van der Waals surface area contributed by atoms with E-state index in [9.17, 15) is 18.0 Å². The van der Waals surface area contributed by atoms with Crippen LogP contribution in [0.4, 0.5) is 24.7 Å². The molecule has 0 atom stereocenters. The summed E-state index contributed by atoms with van der Waals surface area (Å²) in [5.74, 6) is 0.588. The molecule has 5 nitrogen and oxygen atoms in total. The number of halogens is 3. The molecular formula is C29H33F3N4O. The van der Waals surface area contributed by atoms with Gasteiger partial charge in [0.1, 0.15) is 5.82 Å². The Morgan fingerprint density at radius 1 is 0.919 bits per heavy atom. The number of carbonyl (C=O) groups is 1. The van der Waals surface area contributed by atoms with Crippen molar-refractivity contribution in [2.45, 2.75) is 45.3 Å². The van der Waals surface area contributed by atoms with E-state index in [1.54, 1.807) is 18.3 Å². The number of alkyl halides is 3. The van der Waals surface area contributed by atoms with E-state index in [2.05, 4.69) is 40.9 Å². The van der Waals surface area contributed by atoms with Gasteiger partial charge >= 0.3 is 6.18 Å². The van der Waals surface area contributed by atoms with Crippen LogP contribution in [0.15, 0.2) is 66.9 Å². The molecule has 4 rings (SSSR count). The molecule has 1 fully saturated rings. The van der Waals surface area contributed by atoms with Gasteiger partial charge in [-0.05, 0) is 53.3 Å². The van der Waals surface area contributed by atoms with E-state index in [0.717, 1.165) is 30.4 Å². The lowest BCUT2D eigenvalue weighted by Gasteiger charge is -2.24. The summed E-state index contributed by atoms with van der Waals surface area (Å²) < 4.78 is 40.1. The molecule has 0 bridgehead atoms. The molecule has 1 aromatic heterocycles. The van der Waals surface area contributed by atoms with Gasteiger partial charge in [-0.15, -0.1) is 0 Å². The topological polar surface area (TPSA) is 48.5 Å². The van der Waals surface area contributed by atoms with E-state index in [1.807, 2.05) is 36.4 Å². The highest BCUT2D eigenvalue weighted by Gasteiger charge is 2.33. The number of carbonyl (C=O) groups excluding carboxylic acids is 1. The van der Waals surface area contributed by atoms with Crippen LogP contribution in [0, 0.1) is 0 Å². The lowest BCUT2D eigenvalue weighted by molar-refractivity contribution is -0.138. The maximum atomic E-state index is 13.4. The third-order valence-electron chi connectivity index (χ3n) is 6.65. The Bertz CT molecular complexity index is 1200. The summed E-state index contributed by atoms with van der Waals surface area (Å²) in [6, 6.07) is 17.1. The number of benzene rings is 2. The molecule has 2 aromatic carbocycles. The number of hydrogen-bond donors (Lipinski definition) is 1. The lowest BCUT2D eigenvalue weighted by Crippen LogP contribution is -2.31. The van der Waals surface area contributed by atoms with Crippen molar-refractivity contribution < 1.29 is 18.0 Å². The number of nitrogens with one attached hydrogen (secondary N) is 1. The van der Waals surface area contributed by atoms with Gasteiger partial charge in [-0.3, -0.25) is 9.69 Å². The first-order chi connectivity index (χ1) is 17.5. The van der Waals surface area contributed by atoms with Crippen molar-refractivity contribution in [3.05, 3.63) is 89.1 Å². The molecule has 196 valence electrons. The van der Waals surface area contributed by atoms with Crippen molar-refractivity contribution in [2.75, 3.05) is 36.4 Å².